The first kappa shape index (κ1) is 17.9. The quantitative estimate of drug-likeness (QED) is 0.818. The van der Waals surface area contributed by atoms with E-state index in [0.29, 0.717) is 25.3 Å². The molecule has 1 aliphatic rings. The Morgan fingerprint density at radius 2 is 2.09 bits per heavy atom. The van der Waals surface area contributed by atoms with E-state index in [0.717, 1.165) is 12.8 Å². The Bertz CT molecular complexity index is 635. The van der Waals surface area contributed by atoms with Crippen LogP contribution in [0.15, 0.2) is 29.2 Å². The lowest BCUT2D eigenvalue weighted by Crippen LogP contribution is -2.32. The van der Waals surface area contributed by atoms with Crippen LogP contribution in [0.4, 0.5) is 0 Å². The maximum absolute atomic E-state index is 12.4. The number of carbonyl (C=O) groups is 1. The molecule has 1 N–H and O–H groups in total. The number of sulfonamides is 1. The molecule has 1 unspecified atom stereocenters. The molecular formula is C16H24N2O4S. The minimum absolute atomic E-state index is 0.0646. The normalized spacial score (nSPS) is 18.1. The van der Waals surface area contributed by atoms with E-state index in [1.807, 2.05) is 13.8 Å². The van der Waals surface area contributed by atoms with Gasteiger partial charge in [0, 0.05) is 31.8 Å². The second kappa shape index (κ2) is 7.90. The minimum Gasteiger partial charge on any atom is -0.377 e. The lowest BCUT2D eigenvalue weighted by molar-refractivity contribution is 0.0772. The van der Waals surface area contributed by atoms with Crippen LogP contribution in [0.5, 0.6) is 0 Å². The van der Waals surface area contributed by atoms with Crippen LogP contribution in [0.3, 0.4) is 0 Å². The summed E-state index contributed by atoms with van der Waals surface area (Å²) in [6, 6.07) is 6.16. The zero-order valence-corrected chi connectivity index (χ0v) is 14.4. The van der Waals surface area contributed by atoms with E-state index in [1.54, 1.807) is 17.0 Å². The lowest BCUT2D eigenvalue weighted by Gasteiger charge is -2.19. The third kappa shape index (κ3) is 4.53. The molecule has 0 spiro atoms. The first-order valence-electron chi connectivity index (χ1n) is 7.98. The Morgan fingerprint density at radius 3 is 2.70 bits per heavy atom. The second-order valence-corrected chi connectivity index (χ2v) is 7.26. The Balaban J connectivity index is 2.12. The molecule has 7 heteroatoms. The highest BCUT2D eigenvalue weighted by Gasteiger charge is 2.21. The van der Waals surface area contributed by atoms with Gasteiger partial charge in [-0.15, -0.1) is 0 Å². The summed E-state index contributed by atoms with van der Waals surface area (Å²) < 4.78 is 32.7. The minimum atomic E-state index is -3.64. The summed E-state index contributed by atoms with van der Waals surface area (Å²) in [7, 11) is -3.64. The number of hydrogen-bond acceptors (Lipinski definition) is 4. The first-order valence-corrected chi connectivity index (χ1v) is 9.46. The molecule has 1 saturated heterocycles. The molecule has 0 aliphatic carbocycles. The van der Waals surface area contributed by atoms with Gasteiger partial charge in [0.2, 0.25) is 10.0 Å². The lowest BCUT2D eigenvalue weighted by atomic mass is 10.2. The van der Waals surface area contributed by atoms with Gasteiger partial charge in [0.05, 0.1) is 11.0 Å². The number of nitrogens with zero attached hydrogens (tertiary/aromatic N) is 1. The van der Waals surface area contributed by atoms with Crippen molar-refractivity contribution >= 4 is 15.9 Å². The van der Waals surface area contributed by atoms with Gasteiger partial charge in [-0.25, -0.2) is 13.1 Å². The average Bonchev–Trinajstić information content (AvgIpc) is 3.08. The highest BCUT2D eigenvalue weighted by Crippen LogP contribution is 2.15. The van der Waals surface area contributed by atoms with Crippen LogP contribution in [0.25, 0.3) is 0 Å². The van der Waals surface area contributed by atoms with E-state index in [-0.39, 0.29) is 23.5 Å². The smallest absolute Gasteiger partial charge is 0.253 e. The van der Waals surface area contributed by atoms with Crippen molar-refractivity contribution in [1.82, 2.24) is 9.62 Å². The molecule has 23 heavy (non-hydrogen) atoms. The second-order valence-electron chi connectivity index (χ2n) is 5.49. The number of hydrogen-bond donors (Lipinski definition) is 1. The van der Waals surface area contributed by atoms with Gasteiger partial charge in [-0.3, -0.25) is 4.79 Å². The maximum atomic E-state index is 12.4. The van der Waals surface area contributed by atoms with E-state index in [2.05, 4.69) is 4.72 Å². The van der Waals surface area contributed by atoms with Gasteiger partial charge in [-0.2, -0.15) is 0 Å². The van der Waals surface area contributed by atoms with E-state index in [1.165, 1.54) is 12.1 Å². The van der Waals surface area contributed by atoms with Crippen molar-refractivity contribution in [3.05, 3.63) is 29.8 Å². The summed E-state index contributed by atoms with van der Waals surface area (Å²) >= 11 is 0. The van der Waals surface area contributed by atoms with Crippen molar-refractivity contribution in [2.24, 2.45) is 0 Å². The molecule has 128 valence electrons. The molecule has 1 atom stereocenters. The summed E-state index contributed by atoms with van der Waals surface area (Å²) in [5.74, 6) is -0.161. The van der Waals surface area contributed by atoms with Gasteiger partial charge >= 0.3 is 0 Å². The van der Waals surface area contributed by atoms with Crippen molar-refractivity contribution in [2.75, 3.05) is 26.2 Å². The summed E-state index contributed by atoms with van der Waals surface area (Å²) in [4.78, 5) is 14.1. The average molecular weight is 340 g/mol. The third-order valence-electron chi connectivity index (χ3n) is 3.97. The molecule has 0 saturated carbocycles. The SMILES string of the molecule is CCN(CC)C(=O)c1cccc(S(=O)(=O)NCC2CCCO2)c1. The molecule has 1 fully saturated rings. The molecule has 1 heterocycles. The highest BCUT2D eigenvalue weighted by atomic mass is 32.2. The van der Waals surface area contributed by atoms with Crippen molar-refractivity contribution in [2.45, 2.75) is 37.7 Å². The molecule has 1 aromatic rings. The number of amides is 1. The molecule has 6 nitrogen and oxygen atoms in total. The first-order chi connectivity index (χ1) is 11.0. The van der Waals surface area contributed by atoms with Crippen LogP contribution < -0.4 is 4.72 Å². The Labute approximate surface area is 137 Å². The van der Waals surface area contributed by atoms with Crippen molar-refractivity contribution in [3.63, 3.8) is 0 Å². The van der Waals surface area contributed by atoms with Gasteiger partial charge in [-0.1, -0.05) is 6.07 Å². The molecule has 1 aromatic carbocycles. The van der Waals surface area contributed by atoms with Crippen LogP contribution >= 0.6 is 0 Å². The molecule has 0 bridgehead atoms. The number of rotatable bonds is 7. The summed E-state index contributed by atoms with van der Waals surface area (Å²) in [5, 5.41) is 0. The van der Waals surface area contributed by atoms with Crippen LogP contribution in [-0.4, -0.2) is 51.6 Å². The van der Waals surface area contributed by atoms with Crippen molar-refractivity contribution in [1.29, 1.82) is 0 Å². The number of nitrogens with one attached hydrogen (secondary N) is 1. The van der Waals surface area contributed by atoms with Crippen LogP contribution in [0.1, 0.15) is 37.0 Å². The zero-order valence-electron chi connectivity index (χ0n) is 13.6. The van der Waals surface area contributed by atoms with E-state index in [9.17, 15) is 13.2 Å². The largest absolute Gasteiger partial charge is 0.377 e. The predicted octanol–water partition coefficient (Wildman–Crippen LogP) is 1.63. The van der Waals surface area contributed by atoms with Crippen LogP contribution in [0.2, 0.25) is 0 Å². The van der Waals surface area contributed by atoms with Gasteiger partial charge in [0.1, 0.15) is 0 Å². The van der Waals surface area contributed by atoms with Crippen molar-refractivity contribution in [3.8, 4) is 0 Å². The Hall–Kier alpha value is -1.44. The fourth-order valence-electron chi connectivity index (χ4n) is 2.58. The predicted molar refractivity (Wildman–Crippen MR) is 87.9 cm³/mol. The topological polar surface area (TPSA) is 75.7 Å². The number of carbonyl (C=O) groups excluding carboxylic acids is 1. The molecule has 0 radical (unpaired) electrons. The summed E-state index contributed by atoms with van der Waals surface area (Å²) in [6.45, 7) is 5.90. The van der Waals surface area contributed by atoms with Crippen LogP contribution in [-0.2, 0) is 14.8 Å². The third-order valence-corrected chi connectivity index (χ3v) is 5.39. The molecular weight excluding hydrogens is 316 g/mol. The fraction of sp³-hybridized carbons (Fsp3) is 0.562. The monoisotopic (exact) mass is 340 g/mol. The fourth-order valence-corrected chi connectivity index (χ4v) is 3.69. The van der Waals surface area contributed by atoms with Crippen LogP contribution in [0, 0.1) is 0 Å². The van der Waals surface area contributed by atoms with E-state index >= 15 is 0 Å². The standard InChI is InChI=1S/C16H24N2O4S/c1-3-18(4-2)16(19)13-7-5-9-15(11-13)23(20,21)17-12-14-8-6-10-22-14/h5,7,9,11,14,17H,3-4,6,8,10,12H2,1-2H3. The molecule has 0 aromatic heterocycles. The van der Waals surface area contributed by atoms with Gasteiger partial charge in [0.15, 0.2) is 0 Å². The summed E-state index contributed by atoms with van der Waals surface area (Å²) in [6.07, 6.45) is 1.76. The van der Waals surface area contributed by atoms with E-state index < -0.39 is 10.0 Å². The molecule has 1 aliphatic heterocycles. The zero-order chi connectivity index (χ0) is 16.9. The molecule has 1 amide bonds. The molecule has 2 rings (SSSR count). The van der Waals surface area contributed by atoms with Gasteiger partial charge in [-0.05, 0) is 44.9 Å². The highest BCUT2D eigenvalue weighted by molar-refractivity contribution is 7.89. The Kier molecular flexibility index (Phi) is 6.15. The van der Waals surface area contributed by atoms with E-state index in [4.69, 9.17) is 4.74 Å². The van der Waals surface area contributed by atoms with Crippen molar-refractivity contribution < 1.29 is 17.9 Å². The number of benzene rings is 1. The number of ether oxygens (including phenoxy) is 1. The van der Waals surface area contributed by atoms with Gasteiger partial charge in [0.25, 0.3) is 5.91 Å². The van der Waals surface area contributed by atoms with Gasteiger partial charge < -0.3 is 9.64 Å². The Morgan fingerprint density at radius 1 is 1.35 bits per heavy atom. The summed E-state index contributed by atoms with van der Waals surface area (Å²) in [5.41, 5.74) is 0.383. The maximum Gasteiger partial charge on any atom is 0.253 e.